The van der Waals surface area contributed by atoms with Crippen LogP contribution in [0.25, 0.3) is 0 Å². The Morgan fingerprint density at radius 2 is 2.47 bits per heavy atom. The molecule has 0 saturated carbocycles. The Morgan fingerprint density at radius 3 is 3.07 bits per heavy atom. The number of thiocarbonyl (C=S) groups is 1. The first kappa shape index (κ1) is 11.9. The van der Waals surface area contributed by atoms with Gasteiger partial charge >= 0.3 is 0 Å². The van der Waals surface area contributed by atoms with E-state index in [4.69, 9.17) is 22.7 Å². The monoisotopic (exact) mass is 225 g/mol. The summed E-state index contributed by atoms with van der Waals surface area (Å²) in [6, 6.07) is 1.79. The summed E-state index contributed by atoms with van der Waals surface area (Å²) < 4.78 is 5.13. The van der Waals surface area contributed by atoms with Crippen LogP contribution in [0.15, 0.2) is 18.5 Å². The van der Waals surface area contributed by atoms with Crippen LogP contribution in [0, 0.1) is 0 Å². The van der Waals surface area contributed by atoms with Crippen molar-refractivity contribution in [3.8, 4) is 0 Å². The van der Waals surface area contributed by atoms with E-state index in [0.29, 0.717) is 11.5 Å². The molecular weight excluding hydrogens is 210 g/mol. The van der Waals surface area contributed by atoms with Crippen LogP contribution in [0.4, 0.5) is 5.69 Å². The van der Waals surface area contributed by atoms with Crippen molar-refractivity contribution < 1.29 is 4.74 Å². The smallest absolute Gasteiger partial charge is 0.106 e. The molecule has 5 heteroatoms. The second kappa shape index (κ2) is 5.63. The van der Waals surface area contributed by atoms with Crippen LogP contribution in [-0.4, -0.2) is 29.7 Å². The summed E-state index contributed by atoms with van der Waals surface area (Å²) in [6.07, 6.45) is 3.50. The van der Waals surface area contributed by atoms with Gasteiger partial charge in [-0.25, -0.2) is 0 Å². The van der Waals surface area contributed by atoms with E-state index in [9.17, 15) is 0 Å². The largest absolute Gasteiger partial charge is 0.389 e. The summed E-state index contributed by atoms with van der Waals surface area (Å²) in [5.41, 5.74) is 7.24. The molecule has 0 aliphatic heterocycles. The highest BCUT2D eigenvalue weighted by atomic mass is 32.1. The molecule has 3 N–H and O–H groups in total. The third kappa shape index (κ3) is 3.45. The zero-order valence-corrected chi connectivity index (χ0v) is 9.67. The van der Waals surface area contributed by atoms with Gasteiger partial charge in [0.25, 0.3) is 0 Å². The van der Waals surface area contributed by atoms with Crippen LogP contribution in [0.3, 0.4) is 0 Å². The maximum atomic E-state index is 5.59. The standard InChI is InChI=1S/C10H15N3OS/c1-7(14-2)5-13-9-6-12-4-3-8(9)10(11)15/h3-4,6-7,13H,5H2,1-2H3,(H2,11,15). The fraction of sp³-hybridized carbons (Fsp3) is 0.400. The zero-order chi connectivity index (χ0) is 11.3. The van der Waals surface area contributed by atoms with Crippen LogP contribution in [-0.2, 0) is 4.74 Å². The highest BCUT2D eigenvalue weighted by molar-refractivity contribution is 7.80. The predicted molar refractivity (Wildman–Crippen MR) is 65.1 cm³/mol. The van der Waals surface area contributed by atoms with E-state index in [1.807, 2.05) is 6.92 Å². The van der Waals surface area contributed by atoms with Crippen molar-refractivity contribution in [1.82, 2.24) is 4.98 Å². The number of anilines is 1. The van der Waals surface area contributed by atoms with E-state index in [0.717, 1.165) is 11.3 Å². The average molecular weight is 225 g/mol. The van der Waals surface area contributed by atoms with Gasteiger partial charge in [-0.15, -0.1) is 0 Å². The lowest BCUT2D eigenvalue weighted by atomic mass is 10.2. The molecule has 0 amide bonds. The molecule has 0 bridgehead atoms. The molecule has 1 heterocycles. The molecule has 82 valence electrons. The maximum Gasteiger partial charge on any atom is 0.106 e. The normalized spacial score (nSPS) is 12.1. The van der Waals surface area contributed by atoms with Gasteiger partial charge in [0, 0.05) is 25.4 Å². The number of nitrogens with two attached hydrogens (primary N) is 1. The van der Waals surface area contributed by atoms with Crippen molar-refractivity contribution >= 4 is 22.9 Å². The second-order valence-electron chi connectivity index (χ2n) is 3.21. The van der Waals surface area contributed by atoms with Gasteiger partial charge in [0.15, 0.2) is 0 Å². The lowest BCUT2D eigenvalue weighted by Gasteiger charge is -2.13. The highest BCUT2D eigenvalue weighted by Gasteiger charge is 2.05. The Hall–Kier alpha value is -1.20. The number of nitrogens with one attached hydrogen (secondary N) is 1. The van der Waals surface area contributed by atoms with Gasteiger partial charge in [-0.1, -0.05) is 12.2 Å². The number of methoxy groups -OCH3 is 1. The molecular formula is C10H15N3OS. The summed E-state index contributed by atoms with van der Waals surface area (Å²) in [6.45, 7) is 2.67. The third-order valence-corrected chi connectivity index (χ3v) is 2.29. The summed E-state index contributed by atoms with van der Waals surface area (Å²) >= 11 is 4.94. The molecule has 1 unspecified atom stereocenters. The number of ether oxygens (including phenoxy) is 1. The molecule has 0 aromatic carbocycles. The predicted octanol–water partition coefficient (Wildman–Crippen LogP) is 1.16. The Morgan fingerprint density at radius 1 is 1.73 bits per heavy atom. The summed E-state index contributed by atoms with van der Waals surface area (Å²) in [5, 5.41) is 3.19. The molecule has 1 aromatic heterocycles. The number of hydrogen-bond acceptors (Lipinski definition) is 4. The molecule has 1 aromatic rings. The molecule has 0 spiro atoms. The zero-order valence-electron chi connectivity index (χ0n) is 8.86. The first-order chi connectivity index (χ1) is 7.15. The quantitative estimate of drug-likeness (QED) is 0.736. The molecule has 0 aliphatic carbocycles. The van der Waals surface area contributed by atoms with Gasteiger partial charge < -0.3 is 15.8 Å². The van der Waals surface area contributed by atoms with Crippen molar-refractivity contribution in [3.63, 3.8) is 0 Å². The van der Waals surface area contributed by atoms with Gasteiger partial charge in [0.05, 0.1) is 18.0 Å². The van der Waals surface area contributed by atoms with Crippen LogP contribution in [0.5, 0.6) is 0 Å². The highest BCUT2D eigenvalue weighted by Crippen LogP contribution is 2.12. The van der Waals surface area contributed by atoms with Crippen molar-refractivity contribution in [1.29, 1.82) is 0 Å². The SMILES string of the molecule is COC(C)CNc1cnccc1C(N)=S. The minimum atomic E-state index is 0.129. The van der Waals surface area contributed by atoms with E-state index in [1.165, 1.54) is 0 Å². The molecule has 0 radical (unpaired) electrons. The maximum absolute atomic E-state index is 5.59. The van der Waals surface area contributed by atoms with Crippen LogP contribution in [0.1, 0.15) is 12.5 Å². The van der Waals surface area contributed by atoms with Crippen molar-refractivity contribution in [2.45, 2.75) is 13.0 Å². The van der Waals surface area contributed by atoms with Gasteiger partial charge in [-0.3, -0.25) is 4.98 Å². The lowest BCUT2D eigenvalue weighted by Crippen LogP contribution is -2.20. The van der Waals surface area contributed by atoms with Crippen molar-refractivity contribution in [2.75, 3.05) is 19.0 Å². The number of aromatic nitrogens is 1. The van der Waals surface area contributed by atoms with E-state index in [2.05, 4.69) is 10.3 Å². The Balaban J connectivity index is 2.72. The molecule has 1 rings (SSSR count). The molecule has 1 atom stereocenters. The van der Waals surface area contributed by atoms with Crippen molar-refractivity contribution in [3.05, 3.63) is 24.0 Å². The average Bonchev–Trinajstić information content (AvgIpc) is 2.26. The van der Waals surface area contributed by atoms with E-state index >= 15 is 0 Å². The van der Waals surface area contributed by atoms with Gasteiger partial charge in [0.2, 0.25) is 0 Å². The molecule has 4 nitrogen and oxygen atoms in total. The summed E-state index contributed by atoms with van der Waals surface area (Å²) in [5.74, 6) is 0. The fourth-order valence-electron chi connectivity index (χ4n) is 1.09. The second-order valence-corrected chi connectivity index (χ2v) is 3.65. The minimum absolute atomic E-state index is 0.129. The van der Waals surface area contributed by atoms with E-state index in [1.54, 1.807) is 25.6 Å². The van der Waals surface area contributed by atoms with Crippen LogP contribution < -0.4 is 11.1 Å². The van der Waals surface area contributed by atoms with Crippen molar-refractivity contribution in [2.24, 2.45) is 5.73 Å². The molecule has 0 fully saturated rings. The first-order valence-electron chi connectivity index (χ1n) is 4.65. The van der Waals surface area contributed by atoms with E-state index < -0.39 is 0 Å². The third-order valence-electron chi connectivity index (χ3n) is 2.07. The fourth-order valence-corrected chi connectivity index (χ4v) is 1.27. The van der Waals surface area contributed by atoms with Gasteiger partial charge in [0.1, 0.15) is 4.99 Å². The molecule has 15 heavy (non-hydrogen) atoms. The Kier molecular flexibility index (Phi) is 4.45. The van der Waals surface area contributed by atoms with Gasteiger partial charge in [-0.2, -0.15) is 0 Å². The topological polar surface area (TPSA) is 60.2 Å². The number of hydrogen-bond donors (Lipinski definition) is 2. The number of nitrogens with zero attached hydrogens (tertiary/aromatic N) is 1. The Bertz CT molecular complexity index is 343. The summed E-state index contributed by atoms with van der Waals surface area (Å²) in [7, 11) is 1.67. The van der Waals surface area contributed by atoms with Crippen LogP contribution >= 0.6 is 12.2 Å². The van der Waals surface area contributed by atoms with E-state index in [-0.39, 0.29) is 6.10 Å². The van der Waals surface area contributed by atoms with Crippen LogP contribution in [0.2, 0.25) is 0 Å². The first-order valence-corrected chi connectivity index (χ1v) is 5.06. The van der Waals surface area contributed by atoms with Gasteiger partial charge in [-0.05, 0) is 13.0 Å². The minimum Gasteiger partial charge on any atom is -0.389 e. The number of pyridine rings is 1. The molecule has 0 aliphatic rings. The molecule has 0 saturated heterocycles. The summed E-state index contributed by atoms with van der Waals surface area (Å²) in [4.78, 5) is 4.38. The number of rotatable bonds is 5. The lowest BCUT2D eigenvalue weighted by molar-refractivity contribution is 0.129. The Labute approximate surface area is 94.8 Å².